The fourth-order valence-corrected chi connectivity index (χ4v) is 3.78. The maximum absolute atomic E-state index is 12.1. The van der Waals surface area contributed by atoms with Gasteiger partial charge in [-0.25, -0.2) is 4.79 Å². The Balaban J connectivity index is 2.43. The molecule has 22 heavy (non-hydrogen) atoms. The van der Waals surface area contributed by atoms with E-state index in [0.29, 0.717) is 18.2 Å². The molecule has 0 heterocycles. The fraction of sp³-hybridized carbons (Fsp3) is 0.938. The van der Waals surface area contributed by atoms with Crippen molar-refractivity contribution in [1.82, 2.24) is 10.6 Å². The lowest BCUT2D eigenvalue weighted by Gasteiger charge is -2.39. The van der Waals surface area contributed by atoms with Crippen molar-refractivity contribution in [1.29, 1.82) is 0 Å². The van der Waals surface area contributed by atoms with E-state index < -0.39 is 16.3 Å². The van der Waals surface area contributed by atoms with Gasteiger partial charge in [0.05, 0.1) is 12.1 Å². The Hall–Kier alpha value is -0.620. The number of nitrogens with one attached hydrogen (secondary N) is 2. The zero-order chi connectivity index (χ0) is 16.8. The van der Waals surface area contributed by atoms with E-state index in [-0.39, 0.29) is 17.4 Å². The molecular formula is C16H32N2O3S. The van der Waals surface area contributed by atoms with Crippen LogP contribution in [0.15, 0.2) is 0 Å². The summed E-state index contributed by atoms with van der Waals surface area (Å²) in [6.45, 7) is 8.01. The molecule has 0 saturated heterocycles. The molecule has 1 fully saturated rings. The molecule has 6 heteroatoms. The Labute approximate surface area is 137 Å². The highest BCUT2D eigenvalue weighted by Crippen LogP contribution is 2.32. The van der Waals surface area contributed by atoms with Gasteiger partial charge < -0.3 is 15.7 Å². The second kappa shape index (κ2) is 8.29. The fourth-order valence-electron chi connectivity index (χ4n) is 2.88. The molecule has 5 nitrogen and oxygen atoms in total. The molecule has 1 saturated carbocycles. The van der Waals surface area contributed by atoms with Crippen molar-refractivity contribution in [2.45, 2.75) is 70.1 Å². The summed E-state index contributed by atoms with van der Waals surface area (Å²) < 4.78 is 11.7. The summed E-state index contributed by atoms with van der Waals surface area (Å²) in [5.74, 6) is 0.761. The minimum Gasteiger partial charge on any atom is -0.394 e. The lowest BCUT2D eigenvalue weighted by atomic mass is 9.76. The summed E-state index contributed by atoms with van der Waals surface area (Å²) in [6.07, 6.45) is 5.65. The topological polar surface area (TPSA) is 78.4 Å². The molecule has 130 valence electrons. The second-order valence-corrected chi connectivity index (χ2v) is 9.78. The van der Waals surface area contributed by atoms with Crippen LogP contribution >= 0.6 is 0 Å². The predicted molar refractivity (Wildman–Crippen MR) is 91.4 cm³/mol. The summed E-state index contributed by atoms with van der Waals surface area (Å²) >= 11 is 0. The van der Waals surface area contributed by atoms with Crippen molar-refractivity contribution in [3.05, 3.63) is 0 Å². The molecule has 0 spiro atoms. The molecule has 2 atom stereocenters. The van der Waals surface area contributed by atoms with Crippen molar-refractivity contribution in [3.63, 3.8) is 0 Å². The number of rotatable bonds is 6. The zero-order valence-electron chi connectivity index (χ0n) is 14.4. The SMILES string of the molecule is CC(CO)(NC(=O)NCCS(=O)C(C)(C)C)C1CCCCC1. The number of hydrogen-bond donors (Lipinski definition) is 3. The van der Waals surface area contributed by atoms with Crippen LogP contribution in [0.5, 0.6) is 0 Å². The highest BCUT2D eigenvalue weighted by atomic mass is 32.2. The third-order valence-corrected chi connectivity index (χ3v) is 6.43. The number of urea groups is 1. The van der Waals surface area contributed by atoms with Gasteiger partial charge in [-0.1, -0.05) is 19.3 Å². The van der Waals surface area contributed by atoms with E-state index in [2.05, 4.69) is 10.6 Å². The number of aliphatic hydroxyl groups excluding tert-OH is 1. The molecule has 0 radical (unpaired) electrons. The molecule has 0 aromatic heterocycles. The van der Waals surface area contributed by atoms with Crippen LogP contribution in [-0.2, 0) is 10.8 Å². The molecule has 0 aromatic rings. The Kier molecular flexibility index (Phi) is 7.32. The van der Waals surface area contributed by atoms with Crippen molar-refractivity contribution in [2.24, 2.45) is 5.92 Å². The first kappa shape index (κ1) is 19.4. The maximum atomic E-state index is 12.1. The van der Waals surface area contributed by atoms with Crippen LogP contribution in [0.2, 0.25) is 0 Å². The molecule has 0 aliphatic heterocycles. The summed E-state index contributed by atoms with van der Waals surface area (Å²) in [5, 5.41) is 15.4. The number of hydrogen-bond acceptors (Lipinski definition) is 3. The van der Waals surface area contributed by atoms with E-state index in [0.717, 1.165) is 25.7 Å². The van der Waals surface area contributed by atoms with E-state index in [1.165, 1.54) is 6.42 Å². The average molecular weight is 333 g/mol. The minimum atomic E-state index is -0.975. The van der Waals surface area contributed by atoms with E-state index in [1.54, 1.807) is 0 Å². The Morgan fingerprint density at radius 2 is 1.77 bits per heavy atom. The van der Waals surface area contributed by atoms with Crippen LogP contribution < -0.4 is 10.6 Å². The van der Waals surface area contributed by atoms with Gasteiger partial charge in [0.1, 0.15) is 0 Å². The van der Waals surface area contributed by atoms with Crippen LogP contribution in [0.4, 0.5) is 4.79 Å². The predicted octanol–water partition coefficient (Wildman–Crippen LogP) is 2.16. The third-order valence-electron chi connectivity index (χ3n) is 4.49. The molecule has 0 aromatic carbocycles. The number of aliphatic hydroxyl groups is 1. The maximum Gasteiger partial charge on any atom is 0.315 e. The van der Waals surface area contributed by atoms with Crippen LogP contribution in [0.1, 0.15) is 59.8 Å². The first-order valence-electron chi connectivity index (χ1n) is 8.24. The Morgan fingerprint density at radius 1 is 1.18 bits per heavy atom. The highest BCUT2D eigenvalue weighted by Gasteiger charge is 2.35. The van der Waals surface area contributed by atoms with Gasteiger partial charge in [-0.2, -0.15) is 0 Å². The molecule has 0 bridgehead atoms. The van der Waals surface area contributed by atoms with Gasteiger partial charge in [0.15, 0.2) is 0 Å². The summed E-state index contributed by atoms with van der Waals surface area (Å²) in [7, 11) is -0.975. The monoisotopic (exact) mass is 332 g/mol. The van der Waals surface area contributed by atoms with Gasteiger partial charge in [0.2, 0.25) is 0 Å². The molecular weight excluding hydrogens is 300 g/mol. The summed E-state index contributed by atoms with van der Waals surface area (Å²) in [6, 6.07) is -0.284. The van der Waals surface area contributed by atoms with E-state index in [9.17, 15) is 14.1 Å². The van der Waals surface area contributed by atoms with Crippen molar-refractivity contribution >= 4 is 16.8 Å². The molecule has 2 amide bonds. The Bertz CT molecular complexity index is 389. The normalized spacial score (nSPS) is 21.0. The van der Waals surface area contributed by atoms with E-state index in [4.69, 9.17) is 0 Å². The minimum absolute atomic E-state index is 0.0565. The smallest absolute Gasteiger partial charge is 0.315 e. The molecule has 2 unspecified atom stereocenters. The number of carbonyl (C=O) groups excluding carboxylic acids is 1. The van der Waals surface area contributed by atoms with Crippen LogP contribution in [0.25, 0.3) is 0 Å². The van der Waals surface area contributed by atoms with Gasteiger partial charge in [0.25, 0.3) is 0 Å². The largest absolute Gasteiger partial charge is 0.394 e. The lowest BCUT2D eigenvalue weighted by molar-refractivity contribution is 0.101. The zero-order valence-corrected chi connectivity index (χ0v) is 15.2. The summed E-state index contributed by atoms with van der Waals surface area (Å²) in [5.41, 5.74) is -0.576. The molecule has 1 aliphatic carbocycles. The Morgan fingerprint density at radius 3 is 2.27 bits per heavy atom. The van der Waals surface area contributed by atoms with Crippen molar-refractivity contribution < 1.29 is 14.1 Å². The van der Waals surface area contributed by atoms with Gasteiger partial charge in [-0.05, 0) is 46.5 Å². The van der Waals surface area contributed by atoms with Crippen molar-refractivity contribution in [3.8, 4) is 0 Å². The van der Waals surface area contributed by atoms with Gasteiger partial charge >= 0.3 is 6.03 Å². The van der Waals surface area contributed by atoms with Gasteiger partial charge in [-0.3, -0.25) is 4.21 Å². The number of carbonyl (C=O) groups is 1. The molecule has 1 aliphatic rings. The first-order valence-corrected chi connectivity index (χ1v) is 9.56. The molecule has 1 rings (SSSR count). The van der Waals surface area contributed by atoms with Crippen molar-refractivity contribution in [2.75, 3.05) is 18.9 Å². The summed E-state index contributed by atoms with van der Waals surface area (Å²) in [4.78, 5) is 12.1. The standard InChI is InChI=1S/C16H32N2O3S/c1-15(2,3)22(21)11-10-17-14(20)18-16(4,12-19)13-8-6-5-7-9-13/h13,19H,5-12H2,1-4H3,(H2,17,18,20). The van der Waals surface area contributed by atoms with Crippen LogP contribution in [0.3, 0.4) is 0 Å². The molecule has 3 N–H and O–H groups in total. The van der Waals surface area contributed by atoms with Gasteiger partial charge in [-0.15, -0.1) is 0 Å². The number of amides is 2. The third kappa shape index (κ3) is 5.88. The average Bonchev–Trinajstić information content (AvgIpc) is 2.46. The van der Waals surface area contributed by atoms with Gasteiger partial charge in [0, 0.05) is 27.8 Å². The second-order valence-electron chi connectivity index (χ2n) is 7.45. The van der Waals surface area contributed by atoms with E-state index in [1.807, 2.05) is 27.7 Å². The first-order chi connectivity index (χ1) is 10.2. The lowest BCUT2D eigenvalue weighted by Crippen LogP contribution is -2.57. The van der Waals surface area contributed by atoms with E-state index >= 15 is 0 Å². The quantitative estimate of drug-likeness (QED) is 0.697. The highest BCUT2D eigenvalue weighted by molar-refractivity contribution is 7.86. The van der Waals surface area contributed by atoms with Crippen LogP contribution in [0, 0.1) is 5.92 Å². The van der Waals surface area contributed by atoms with Crippen LogP contribution in [-0.4, -0.2) is 44.5 Å².